The number of ether oxygens (including phenoxy) is 4. The van der Waals surface area contributed by atoms with E-state index < -0.39 is 44.8 Å². The number of rotatable bonds is 3. The summed E-state index contributed by atoms with van der Waals surface area (Å²) >= 11 is 0. The fourth-order valence-corrected chi connectivity index (χ4v) is 10.8. The summed E-state index contributed by atoms with van der Waals surface area (Å²) < 4.78 is 29.8. The van der Waals surface area contributed by atoms with E-state index in [0.29, 0.717) is 0 Å². The van der Waals surface area contributed by atoms with Gasteiger partial charge in [-0.2, -0.15) is 0 Å². The smallest absolute Gasteiger partial charge is 0.150 e. The molecule has 0 radical (unpaired) electrons. The van der Waals surface area contributed by atoms with Crippen LogP contribution in [0.1, 0.15) is 58.4 Å². The molecule has 4 aromatic carbocycles. The van der Waals surface area contributed by atoms with Crippen molar-refractivity contribution in [2.45, 2.75) is 58.7 Å². The zero-order valence-corrected chi connectivity index (χ0v) is 25.5. The van der Waals surface area contributed by atoms with Gasteiger partial charge in [0.15, 0.2) is 33.6 Å². The van der Waals surface area contributed by atoms with Crippen LogP contribution < -0.4 is 0 Å². The van der Waals surface area contributed by atoms with Crippen molar-refractivity contribution in [2.75, 3.05) is 0 Å². The van der Waals surface area contributed by atoms with Crippen LogP contribution in [0.15, 0.2) is 146 Å². The largest absolute Gasteiger partial charge is 0.347 e. The first-order chi connectivity index (χ1) is 22.3. The van der Waals surface area contributed by atoms with Crippen molar-refractivity contribution in [3.63, 3.8) is 0 Å². The van der Waals surface area contributed by atoms with E-state index in [9.17, 15) is 0 Å². The van der Waals surface area contributed by atoms with E-state index >= 15 is 0 Å². The lowest BCUT2D eigenvalue weighted by Crippen LogP contribution is -2.50. The molecule has 0 aliphatic carbocycles. The molecule has 0 N–H and O–H groups in total. The highest BCUT2D eigenvalue weighted by atomic mass is 16.6. The summed E-state index contributed by atoms with van der Waals surface area (Å²) in [5.74, 6) is 0. The van der Waals surface area contributed by atoms with Crippen LogP contribution in [0.2, 0.25) is 0 Å². The van der Waals surface area contributed by atoms with E-state index in [1.165, 1.54) is 11.1 Å². The lowest BCUT2D eigenvalue weighted by Gasteiger charge is -2.44. The molecule has 4 aromatic rings. The van der Waals surface area contributed by atoms with Crippen molar-refractivity contribution >= 4 is 0 Å². The van der Waals surface area contributed by atoms with Gasteiger partial charge < -0.3 is 18.9 Å². The Labute approximate surface area is 267 Å². The maximum Gasteiger partial charge on any atom is 0.150 e. The zero-order chi connectivity index (χ0) is 30.4. The Bertz CT molecular complexity index is 2110. The molecule has 222 valence electrons. The van der Waals surface area contributed by atoms with Gasteiger partial charge in [0.25, 0.3) is 0 Å². The average Bonchev–Trinajstić information content (AvgIpc) is 3.96. The highest BCUT2D eigenvalue weighted by Crippen LogP contribution is 2.77. The molecule has 8 aliphatic heterocycles. The third-order valence-electron chi connectivity index (χ3n) is 12.6. The highest BCUT2D eigenvalue weighted by Gasteiger charge is 2.80. The normalized spacial score (nSPS) is 44.3. The molecule has 8 heterocycles. The van der Waals surface area contributed by atoms with Crippen LogP contribution in [0, 0.1) is 0 Å². The number of fused-ring (bicyclic) bond motifs is 23. The molecule has 0 aromatic heterocycles. The maximum absolute atomic E-state index is 7.74. The SMILES string of the molecule is CC12C=CC(C34C=CC(C56C=CC(C78C=CC(C)(O7)c7ccccc78)(O5)c5ccccc56)(O3)c3ccccc34)(O1)c1ccccc12. The average molecular weight is 599 g/mol. The second-order valence-electron chi connectivity index (χ2n) is 14.6. The van der Waals surface area contributed by atoms with Crippen LogP contribution in [-0.2, 0) is 63.8 Å². The predicted molar refractivity (Wildman–Crippen MR) is 171 cm³/mol. The summed E-state index contributed by atoms with van der Waals surface area (Å²) in [4.78, 5) is 0. The molecule has 4 heteroatoms. The molecular formula is C42H30O4. The first kappa shape index (κ1) is 24.9. The summed E-state index contributed by atoms with van der Waals surface area (Å²) in [7, 11) is 0. The molecule has 4 nitrogen and oxygen atoms in total. The Hall–Kier alpha value is -4.32. The standard InChI is InChI=1S/C42H30O4/c1-35-19-21-37(43-35,29-13-5-3-11-27(29)35)39-23-25-41(45-39,33-17-9-7-15-31(33)39)42-26-24-40(46-42,32-16-8-10-18-34(32)42)38-22-20-36(2,44-38)28-12-4-6-14-30(28)38/h3-26H,1-2H3. The highest BCUT2D eigenvalue weighted by molar-refractivity contribution is 5.69. The van der Waals surface area contributed by atoms with E-state index in [4.69, 9.17) is 18.9 Å². The minimum absolute atomic E-state index is 0.518. The monoisotopic (exact) mass is 598 g/mol. The van der Waals surface area contributed by atoms with Gasteiger partial charge >= 0.3 is 0 Å². The first-order valence-corrected chi connectivity index (χ1v) is 16.3. The van der Waals surface area contributed by atoms with Crippen LogP contribution in [-0.4, -0.2) is 0 Å². The molecule has 0 spiro atoms. The van der Waals surface area contributed by atoms with Crippen molar-refractivity contribution < 1.29 is 18.9 Å². The molecule has 8 bridgehead atoms. The molecule has 46 heavy (non-hydrogen) atoms. The molecule has 0 saturated heterocycles. The molecule has 8 unspecified atom stereocenters. The van der Waals surface area contributed by atoms with Gasteiger partial charge in [0.2, 0.25) is 0 Å². The van der Waals surface area contributed by atoms with Crippen LogP contribution in [0.5, 0.6) is 0 Å². The van der Waals surface area contributed by atoms with E-state index in [1.54, 1.807) is 0 Å². The maximum atomic E-state index is 7.74. The number of benzene rings is 4. The third kappa shape index (κ3) is 2.14. The van der Waals surface area contributed by atoms with Gasteiger partial charge in [-0.05, 0) is 107 Å². The van der Waals surface area contributed by atoms with Crippen LogP contribution in [0.4, 0.5) is 0 Å². The molecule has 0 fully saturated rings. The topological polar surface area (TPSA) is 36.9 Å². The second-order valence-corrected chi connectivity index (χ2v) is 14.6. The van der Waals surface area contributed by atoms with Gasteiger partial charge in [-0.1, -0.05) is 97.1 Å². The molecule has 12 rings (SSSR count). The first-order valence-electron chi connectivity index (χ1n) is 16.3. The van der Waals surface area contributed by atoms with Crippen LogP contribution in [0.25, 0.3) is 0 Å². The lowest BCUT2D eigenvalue weighted by molar-refractivity contribution is -0.268. The second kappa shape index (κ2) is 7.00. The zero-order valence-electron chi connectivity index (χ0n) is 25.5. The van der Waals surface area contributed by atoms with Gasteiger partial charge in [-0.15, -0.1) is 0 Å². The van der Waals surface area contributed by atoms with Gasteiger partial charge in [-0.25, -0.2) is 0 Å². The molecule has 8 atom stereocenters. The van der Waals surface area contributed by atoms with Crippen molar-refractivity contribution in [1.82, 2.24) is 0 Å². The number of hydrogen-bond donors (Lipinski definition) is 0. The third-order valence-corrected chi connectivity index (χ3v) is 12.6. The van der Waals surface area contributed by atoms with Gasteiger partial charge in [-0.3, -0.25) is 0 Å². The lowest BCUT2D eigenvalue weighted by atomic mass is 9.64. The van der Waals surface area contributed by atoms with Gasteiger partial charge in [0, 0.05) is 0 Å². The Kier molecular flexibility index (Phi) is 3.78. The van der Waals surface area contributed by atoms with E-state index in [-0.39, 0.29) is 0 Å². The van der Waals surface area contributed by atoms with E-state index in [0.717, 1.165) is 33.4 Å². The Morgan fingerprint density at radius 2 is 0.500 bits per heavy atom. The summed E-state index contributed by atoms with van der Waals surface area (Å²) in [5.41, 5.74) is 2.80. The van der Waals surface area contributed by atoms with Gasteiger partial charge in [0.1, 0.15) is 11.2 Å². The molecular weight excluding hydrogens is 568 g/mol. The van der Waals surface area contributed by atoms with Crippen LogP contribution in [0.3, 0.4) is 0 Å². The summed E-state index contributed by atoms with van der Waals surface area (Å²) in [6.07, 6.45) is 17.9. The van der Waals surface area contributed by atoms with E-state index in [1.807, 2.05) is 0 Å². The minimum atomic E-state index is -0.947. The number of hydrogen-bond acceptors (Lipinski definition) is 4. The van der Waals surface area contributed by atoms with Crippen molar-refractivity contribution in [3.8, 4) is 0 Å². The summed E-state index contributed by atoms with van der Waals surface area (Å²) in [5, 5.41) is 0. The quantitative estimate of drug-likeness (QED) is 0.226. The van der Waals surface area contributed by atoms with Gasteiger partial charge in [0.05, 0.1) is 0 Å². The van der Waals surface area contributed by atoms with Crippen molar-refractivity contribution in [3.05, 3.63) is 190 Å². The fourth-order valence-electron chi connectivity index (χ4n) is 10.8. The summed E-state index contributed by atoms with van der Waals surface area (Å²) in [6.45, 7) is 4.32. The minimum Gasteiger partial charge on any atom is -0.347 e. The van der Waals surface area contributed by atoms with Crippen molar-refractivity contribution in [1.29, 1.82) is 0 Å². The van der Waals surface area contributed by atoms with Crippen LogP contribution >= 0.6 is 0 Å². The van der Waals surface area contributed by atoms with Crippen molar-refractivity contribution in [2.24, 2.45) is 0 Å². The Balaban J connectivity index is 1.10. The molecule has 8 aliphatic rings. The molecule has 0 amide bonds. The fraction of sp³-hybridized carbons (Fsp3) is 0.238. The molecule has 0 saturated carbocycles. The summed E-state index contributed by atoms with van der Waals surface area (Å²) in [6, 6.07) is 34.5. The predicted octanol–water partition coefficient (Wildman–Crippen LogP) is 7.79. The van der Waals surface area contributed by atoms with E-state index in [2.05, 4.69) is 160 Å². The Morgan fingerprint density at radius 3 is 0.804 bits per heavy atom. The Morgan fingerprint density at radius 1 is 0.283 bits per heavy atom.